The molecule has 3 nitrogen and oxygen atoms in total. The Kier molecular flexibility index (Phi) is 5.44. The number of carbonyl (C=O) groups excluding carboxylic acids is 1. The van der Waals surface area contributed by atoms with Gasteiger partial charge < -0.3 is 10.4 Å². The molecule has 4 heteroatoms. The van der Waals surface area contributed by atoms with E-state index in [-0.39, 0.29) is 18.1 Å². The van der Waals surface area contributed by atoms with Gasteiger partial charge >= 0.3 is 0 Å². The van der Waals surface area contributed by atoms with Gasteiger partial charge in [-0.2, -0.15) is 0 Å². The lowest BCUT2D eigenvalue weighted by Gasteiger charge is -2.26. The molecule has 0 saturated heterocycles. The second kappa shape index (κ2) is 7.09. The largest absolute Gasteiger partial charge is 0.393 e. The Hall–Kier alpha value is -1.06. The van der Waals surface area contributed by atoms with Crippen molar-refractivity contribution in [2.45, 2.75) is 57.6 Å². The highest BCUT2D eigenvalue weighted by Gasteiger charge is 2.20. The molecule has 0 unspecified atom stereocenters. The fraction of sp³-hybridized carbons (Fsp3) is 0.562. The number of benzene rings is 1. The molecule has 1 amide bonds. The van der Waals surface area contributed by atoms with E-state index in [1.54, 1.807) is 0 Å². The van der Waals surface area contributed by atoms with Crippen LogP contribution in [0.3, 0.4) is 0 Å². The molecule has 1 aliphatic carbocycles. The van der Waals surface area contributed by atoms with Crippen molar-refractivity contribution in [1.82, 2.24) is 5.32 Å². The van der Waals surface area contributed by atoms with Gasteiger partial charge in [0.1, 0.15) is 0 Å². The minimum Gasteiger partial charge on any atom is -0.393 e. The zero-order valence-electron chi connectivity index (χ0n) is 11.9. The molecule has 1 aliphatic rings. The average molecular weight is 296 g/mol. The molecule has 0 bridgehead atoms. The van der Waals surface area contributed by atoms with Crippen LogP contribution >= 0.6 is 11.6 Å². The normalized spacial score (nSPS) is 22.6. The zero-order valence-corrected chi connectivity index (χ0v) is 12.6. The molecule has 0 spiro atoms. The smallest absolute Gasteiger partial charge is 0.220 e. The Morgan fingerprint density at radius 2 is 2.05 bits per heavy atom. The number of aliphatic hydroxyl groups is 1. The van der Waals surface area contributed by atoms with Crippen LogP contribution in [0.5, 0.6) is 0 Å². The molecule has 2 N–H and O–H groups in total. The average Bonchev–Trinajstić information content (AvgIpc) is 2.43. The third kappa shape index (κ3) is 4.50. The Morgan fingerprint density at radius 1 is 1.35 bits per heavy atom. The first-order valence-electron chi connectivity index (χ1n) is 7.27. The summed E-state index contributed by atoms with van der Waals surface area (Å²) in [4.78, 5) is 11.9. The number of rotatable bonds is 4. The first-order valence-corrected chi connectivity index (χ1v) is 7.65. The Morgan fingerprint density at radius 3 is 2.70 bits per heavy atom. The first kappa shape index (κ1) is 15.3. The number of aryl methyl sites for hydroxylation is 2. The summed E-state index contributed by atoms with van der Waals surface area (Å²) >= 11 is 6.07. The van der Waals surface area contributed by atoms with E-state index in [9.17, 15) is 9.90 Å². The number of aliphatic hydroxyl groups excluding tert-OH is 1. The van der Waals surface area contributed by atoms with E-state index in [1.165, 1.54) is 0 Å². The van der Waals surface area contributed by atoms with Gasteiger partial charge in [0, 0.05) is 17.5 Å². The molecule has 0 aromatic heterocycles. The van der Waals surface area contributed by atoms with Gasteiger partial charge in [0.05, 0.1) is 6.10 Å². The maximum Gasteiger partial charge on any atom is 0.220 e. The number of carbonyl (C=O) groups is 1. The lowest BCUT2D eigenvalue weighted by atomic mass is 9.93. The lowest BCUT2D eigenvalue weighted by Crippen LogP contribution is -2.38. The minimum atomic E-state index is -0.183. The number of hydrogen-bond acceptors (Lipinski definition) is 2. The molecule has 20 heavy (non-hydrogen) atoms. The fourth-order valence-electron chi connectivity index (χ4n) is 2.57. The van der Waals surface area contributed by atoms with Crippen LogP contribution in [0, 0.1) is 6.92 Å². The summed E-state index contributed by atoms with van der Waals surface area (Å²) in [6.07, 6.45) is 4.35. The van der Waals surface area contributed by atoms with Crippen LogP contribution in [0.2, 0.25) is 5.02 Å². The molecule has 1 saturated carbocycles. The van der Waals surface area contributed by atoms with Gasteiger partial charge in [-0.05, 0) is 56.2 Å². The third-order valence-electron chi connectivity index (χ3n) is 3.94. The second-order valence-electron chi connectivity index (χ2n) is 5.66. The van der Waals surface area contributed by atoms with E-state index < -0.39 is 0 Å². The van der Waals surface area contributed by atoms with Gasteiger partial charge in [0.25, 0.3) is 0 Å². The molecule has 2 rings (SSSR count). The maximum absolute atomic E-state index is 11.9. The van der Waals surface area contributed by atoms with E-state index in [0.29, 0.717) is 12.8 Å². The summed E-state index contributed by atoms with van der Waals surface area (Å²) in [6, 6.07) is 6.16. The third-order valence-corrected chi connectivity index (χ3v) is 4.35. The van der Waals surface area contributed by atoms with E-state index >= 15 is 0 Å². The van der Waals surface area contributed by atoms with Gasteiger partial charge in [-0.1, -0.05) is 23.7 Å². The summed E-state index contributed by atoms with van der Waals surface area (Å²) in [6.45, 7) is 1.97. The molecule has 0 radical (unpaired) electrons. The second-order valence-corrected chi connectivity index (χ2v) is 6.06. The first-order chi connectivity index (χ1) is 9.54. The highest BCUT2D eigenvalue weighted by atomic mass is 35.5. The van der Waals surface area contributed by atoms with E-state index in [2.05, 4.69) is 5.32 Å². The molecule has 1 fully saturated rings. The lowest BCUT2D eigenvalue weighted by molar-refractivity contribution is -0.122. The zero-order chi connectivity index (χ0) is 14.5. The van der Waals surface area contributed by atoms with Crippen LogP contribution < -0.4 is 5.32 Å². The fourth-order valence-corrected chi connectivity index (χ4v) is 2.77. The molecular weight excluding hydrogens is 274 g/mol. The molecule has 1 aromatic carbocycles. The number of halogens is 1. The van der Waals surface area contributed by atoms with Crippen LogP contribution in [-0.2, 0) is 11.2 Å². The highest BCUT2D eigenvalue weighted by molar-refractivity contribution is 6.31. The monoisotopic (exact) mass is 295 g/mol. The van der Waals surface area contributed by atoms with Crippen LogP contribution in [0.25, 0.3) is 0 Å². The van der Waals surface area contributed by atoms with Crippen LogP contribution in [0.1, 0.15) is 43.2 Å². The summed E-state index contributed by atoms with van der Waals surface area (Å²) < 4.78 is 0. The van der Waals surface area contributed by atoms with Crippen molar-refractivity contribution < 1.29 is 9.90 Å². The van der Waals surface area contributed by atoms with Gasteiger partial charge in [0.2, 0.25) is 5.91 Å². The van der Waals surface area contributed by atoms with Crippen LogP contribution in [-0.4, -0.2) is 23.2 Å². The van der Waals surface area contributed by atoms with Gasteiger partial charge in [-0.3, -0.25) is 4.79 Å². The van der Waals surface area contributed by atoms with Gasteiger partial charge in [-0.25, -0.2) is 0 Å². The SMILES string of the molecule is Cc1ccc(CCC(=O)NC2CCC(O)CC2)cc1Cl. The quantitative estimate of drug-likeness (QED) is 0.897. The molecule has 0 aliphatic heterocycles. The van der Waals surface area contributed by atoms with Crippen molar-refractivity contribution in [3.63, 3.8) is 0 Å². The Labute approximate surface area is 125 Å². The van der Waals surface area contributed by atoms with Crippen molar-refractivity contribution in [2.24, 2.45) is 0 Å². The standard InChI is InChI=1S/C16H22ClNO2/c1-11-2-3-12(10-15(11)17)4-9-16(20)18-13-5-7-14(19)8-6-13/h2-3,10,13-14,19H,4-9H2,1H3,(H,18,20). The summed E-state index contributed by atoms with van der Waals surface area (Å²) in [5.41, 5.74) is 2.15. The predicted molar refractivity (Wildman–Crippen MR) is 80.9 cm³/mol. The maximum atomic E-state index is 11.9. The highest BCUT2D eigenvalue weighted by Crippen LogP contribution is 2.19. The van der Waals surface area contributed by atoms with Crippen molar-refractivity contribution in [2.75, 3.05) is 0 Å². The summed E-state index contributed by atoms with van der Waals surface area (Å²) in [5.74, 6) is 0.0862. The molecule has 110 valence electrons. The molecule has 0 atom stereocenters. The number of hydrogen-bond donors (Lipinski definition) is 2. The Bertz CT molecular complexity index is 468. The van der Waals surface area contributed by atoms with Gasteiger partial charge in [0.15, 0.2) is 0 Å². The summed E-state index contributed by atoms with van der Waals surface area (Å²) in [7, 11) is 0. The van der Waals surface area contributed by atoms with Crippen LogP contribution in [0.4, 0.5) is 0 Å². The minimum absolute atomic E-state index is 0.0862. The van der Waals surface area contributed by atoms with Crippen molar-refractivity contribution in [3.05, 3.63) is 34.3 Å². The van der Waals surface area contributed by atoms with Crippen molar-refractivity contribution >= 4 is 17.5 Å². The molecular formula is C16H22ClNO2. The molecule has 1 aromatic rings. The predicted octanol–water partition coefficient (Wildman–Crippen LogP) is 3.00. The van der Waals surface area contributed by atoms with Crippen LogP contribution in [0.15, 0.2) is 18.2 Å². The number of amides is 1. The van der Waals surface area contributed by atoms with Crippen molar-refractivity contribution in [3.8, 4) is 0 Å². The van der Waals surface area contributed by atoms with E-state index in [1.807, 2.05) is 25.1 Å². The van der Waals surface area contributed by atoms with E-state index in [4.69, 9.17) is 11.6 Å². The molecule has 0 heterocycles. The Balaban J connectivity index is 1.76. The topological polar surface area (TPSA) is 49.3 Å². The van der Waals surface area contributed by atoms with Gasteiger partial charge in [-0.15, -0.1) is 0 Å². The van der Waals surface area contributed by atoms with Crippen molar-refractivity contribution in [1.29, 1.82) is 0 Å². The van der Waals surface area contributed by atoms with E-state index in [0.717, 1.165) is 41.8 Å². The summed E-state index contributed by atoms with van der Waals surface area (Å²) in [5, 5.41) is 13.2. The number of nitrogens with one attached hydrogen (secondary N) is 1.